The Bertz CT molecular complexity index is 715. The number of sulfonamides is 1. The highest BCUT2D eigenvalue weighted by molar-refractivity contribution is 7.88. The summed E-state index contributed by atoms with van der Waals surface area (Å²) < 4.78 is 24.8. The van der Waals surface area contributed by atoms with E-state index in [-0.39, 0.29) is 6.03 Å². The van der Waals surface area contributed by atoms with Gasteiger partial charge in [0.2, 0.25) is 10.0 Å². The molecule has 1 saturated heterocycles. The summed E-state index contributed by atoms with van der Waals surface area (Å²) in [6.07, 6.45) is 7.50. The molecule has 2 N–H and O–H groups in total. The van der Waals surface area contributed by atoms with Gasteiger partial charge in [-0.2, -0.15) is 5.10 Å². The molecule has 2 amide bonds. The molecule has 2 aliphatic rings. The maximum atomic E-state index is 12.4. The second kappa shape index (κ2) is 7.74. The molecule has 0 unspecified atom stereocenters. The van der Waals surface area contributed by atoms with Crippen LogP contribution in [0.3, 0.4) is 0 Å². The van der Waals surface area contributed by atoms with Gasteiger partial charge in [-0.15, -0.1) is 0 Å². The van der Waals surface area contributed by atoms with Crippen molar-refractivity contribution >= 4 is 16.1 Å². The number of urea groups is 1. The van der Waals surface area contributed by atoms with Crippen molar-refractivity contribution in [2.24, 2.45) is 0 Å². The highest BCUT2D eigenvalue weighted by atomic mass is 32.2. The largest absolute Gasteiger partial charge is 0.332 e. The maximum Gasteiger partial charge on any atom is 0.317 e. The Hall–Kier alpha value is -1.61. The Morgan fingerprint density at radius 3 is 2.72 bits per heavy atom. The van der Waals surface area contributed by atoms with E-state index in [4.69, 9.17) is 0 Å². The summed E-state index contributed by atoms with van der Waals surface area (Å²) in [5, 5.41) is 10.4. The quantitative estimate of drug-likeness (QED) is 0.772. The molecule has 25 heavy (non-hydrogen) atoms. The summed E-state index contributed by atoms with van der Waals surface area (Å²) in [5.41, 5.74) is 3.40. The molecule has 8 nitrogen and oxygen atoms in total. The number of hydrogen-bond donors (Lipinski definition) is 2. The number of aryl methyl sites for hydroxylation is 1. The van der Waals surface area contributed by atoms with E-state index >= 15 is 0 Å². The van der Waals surface area contributed by atoms with Crippen molar-refractivity contribution in [1.29, 1.82) is 0 Å². The Balaban J connectivity index is 1.55. The van der Waals surface area contributed by atoms with E-state index in [2.05, 4.69) is 15.5 Å². The summed E-state index contributed by atoms with van der Waals surface area (Å²) >= 11 is 0. The Kier molecular flexibility index (Phi) is 5.63. The molecule has 1 aromatic heterocycles. The van der Waals surface area contributed by atoms with Crippen LogP contribution in [0.25, 0.3) is 0 Å². The van der Waals surface area contributed by atoms with E-state index in [1.54, 1.807) is 4.90 Å². The zero-order chi connectivity index (χ0) is 17.9. The molecule has 0 bridgehead atoms. The molecule has 1 aliphatic carbocycles. The van der Waals surface area contributed by atoms with E-state index in [1.165, 1.54) is 41.1 Å². The fraction of sp³-hybridized carbons (Fsp3) is 0.750. The lowest BCUT2D eigenvalue weighted by Crippen LogP contribution is -2.42. The first-order valence-corrected chi connectivity index (χ1v) is 10.8. The number of amides is 2. The van der Waals surface area contributed by atoms with Crippen molar-refractivity contribution < 1.29 is 13.2 Å². The van der Waals surface area contributed by atoms with Crippen molar-refractivity contribution in [3.05, 3.63) is 17.0 Å². The molecule has 1 aliphatic heterocycles. The van der Waals surface area contributed by atoms with Gasteiger partial charge in [0.1, 0.15) is 0 Å². The van der Waals surface area contributed by atoms with Crippen LogP contribution in [0.5, 0.6) is 0 Å². The van der Waals surface area contributed by atoms with E-state index in [9.17, 15) is 13.2 Å². The van der Waals surface area contributed by atoms with E-state index < -0.39 is 10.0 Å². The minimum Gasteiger partial charge on any atom is -0.332 e. The average molecular weight is 369 g/mol. The van der Waals surface area contributed by atoms with Crippen molar-refractivity contribution in [1.82, 2.24) is 24.7 Å². The number of carbonyl (C=O) groups excluding carboxylic acids is 1. The number of aromatic amines is 1. The lowest BCUT2D eigenvalue weighted by Gasteiger charge is -2.21. The zero-order valence-corrected chi connectivity index (χ0v) is 15.6. The van der Waals surface area contributed by atoms with Gasteiger partial charge in [-0.05, 0) is 37.7 Å². The molecule has 0 radical (unpaired) electrons. The van der Waals surface area contributed by atoms with Gasteiger partial charge in [0, 0.05) is 31.9 Å². The monoisotopic (exact) mass is 369 g/mol. The number of rotatable bonds is 3. The Labute approximate surface area is 149 Å². The van der Waals surface area contributed by atoms with Crippen LogP contribution in [0.15, 0.2) is 0 Å². The van der Waals surface area contributed by atoms with E-state index in [0.717, 1.165) is 18.5 Å². The van der Waals surface area contributed by atoms with Crippen LogP contribution < -0.4 is 5.32 Å². The second-order valence-corrected chi connectivity index (χ2v) is 8.83. The fourth-order valence-corrected chi connectivity index (χ4v) is 4.45. The average Bonchev–Trinajstić information content (AvgIpc) is 2.77. The summed E-state index contributed by atoms with van der Waals surface area (Å²) in [5.74, 6) is 0. The van der Waals surface area contributed by atoms with Crippen LogP contribution in [-0.4, -0.2) is 66.3 Å². The third kappa shape index (κ3) is 4.52. The van der Waals surface area contributed by atoms with Crippen LogP contribution in [0.1, 0.15) is 42.6 Å². The first-order valence-electron chi connectivity index (χ1n) is 8.98. The molecule has 1 fully saturated rings. The van der Waals surface area contributed by atoms with Crippen molar-refractivity contribution in [2.45, 2.75) is 45.1 Å². The van der Waals surface area contributed by atoms with Gasteiger partial charge < -0.3 is 10.2 Å². The SMILES string of the molecule is CS(=O)(=O)N1CCCN(C(=O)NCc2n[nH]c3c2CCCCC3)CC1. The molecule has 0 spiro atoms. The summed E-state index contributed by atoms with van der Waals surface area (Å²) in [6, 6.07) is -0.152. The van der Waals surface area contributed by atoms with Crippen LogP contribution in [0.2, 0.25) is 0 Å². The van der Waals surface area contributed by atoms with Crippen LogP contribution in [-0.2, 0) is 29.4 Å². The van der Waals surface area contributed by atoms with Gasteiger partial charge in [-0.25, -0.2) is 17.5 Å². The normalized spacial score (nSPS) is 19.8. The van der Waals surface area contributed by atoms with Gasteiger partial charge in [-0.1, -0.05) is 6.42 Å². The van der Waals surface area contributed by atoms with Crippen molar-refractivity contribution in [2.75, 3.05) is 32.4 Å². The molecule has 3 rings (SSSR count). The molecule has 140 valence electrons. The molecular weight excluding hydrogens is 342 g/mol. The Morgan fingerprint density at radius 2 is 1.92 bits per heavy atom. The highest BCUT2D eigenvalue weighted by Crippen LogP contribution is 2.21. The third-order valence-electron chi connectivity index (χ3n) is 5.01. The lowest BCUT2D eigenvalue weighted by atomic mass is 10.1. The predicted octanol–water partition coefficient (Wildman–Crippen LogP) is 0.856. The molecule has 9 heteroatoms. The topological polar surface area (TPSA) is 98.4 Å². The second-order valence-electron chi connectivity index (χ2n) is 6.85. The number of carbonyl (C=O) groups is 1. The smallest absolute Gasteiger partial charge is 0.317 e. The predicted molar refractivity (Wildman–Crippen MR) is 94.7 cm³/mol. The number of H-pyrrole nitrogens is 1. The molecular formula is C16H27N5O3S. The third-order valence-corrected chi connectivity index (χ3v) is 6.31. The molecule has 0 atom stereocenters. The standard InChI is InChI=1S/C16H27N5O3S/c1-25(23,24)21-9-5-8-20(10-11-21)16(22)17-12-15-13-6-3-2-4-7-14(13)18-19-15/h2-12H2,1H3,(H,17,22)(H,18,19). The van der Waals surface area contributed by atoms with Crippen LogP contribution >= 0.6 is 0 Å². The van der Waals surface area contributed by atoms with Gasteiger partial charge in [0.05, 0.1) is 18.5 Å². The highest BCUT2D eigenvalue weighted by Gasteiger charge is 2.24. The number of hydrogen-bond acceptors (Lipinski definition) is 4. The zero-order valence-electron chi connectivity index (χ0n) is 14.8. The first-order chi connectivity index (χ1) is 11.9. The summed E-state index contributed by atoms with van der Waals surface area (Å²) in [6.45, 7) is 2.21. The minimum atomic E-state index is -3.20. The lowest BCUT2D eigenvalue weighted by molar-refractivity contribution is 0.200. The number of fused-ring (bicyclic) bond motifs is 1. The van der Waals surface area contributed by atoms with Crippen LogP contribution in [0, 0.1) is 0 Å². The maximum absolute atomic E-state index is 12.4. The van der Waals surface area contributed by atoms with E-state index in [1.807, 2.05) is 0 Å². The van der Waals surface area contributed by atoms with Crippen molar-refractivity contribution in [3.63, 3.8) is 0 Å². The summed E-state index contributed by atoms with van der Waals surface area (Å²) in [7, 11) is -3.20. The summed E-state index contributed by atoms with van der Waals surface area (Å²) in [4.78, 5) is 14.1. The fourth-order valence-electron chi connectivity index (χ4n) is 3.57. The number of nitrogens with zero attached hydrogens (tertiary/aromatic N) is 3. The van der Waals surface area contributed by atoms with Crippen molar-refractivity contribution in [3.8, 4) is 0 Å². The number of nitrogens with one attached hydrogen (secondary N) is 2. The molecule has 0 aromatic carbocycles. The first kappa shape index (κ1) is 18.2. The van der Waals surface area contributed by atoms with E-state index in [0.29, 0.717) is 39.1 Å². The Morgan fingerprint density at radius 1 is 1.12 bits per heavy atom. The molecule has 0 saturated carbocycles. The molecule has 1 aromatic rings. The van der Waals surface area contributed by atoms with Gasteiger partial charge in [0.25, 0.3) is 0 Å². The molecule has 2 heterocycles. The minimum absolute atomic E-state index is 0.152. The van der Waals surface area contributed by atoms with Gasteiger partial charge in [0.15, 0.2) is 0 Å². The number of aromatic nitrogens is 2. The van der Waals surface area contributed by atoms with Gasteiger partial charge in [-0.3, -0.25) is 5.10 Å². The van der Waals surface area contributed by atoms with Gasteiger partial charge >= 0.3 is 6.03 Å². The van der Waals surface area contributed by atoms with Crippen LogP contribution in [0.4, 0.5) is 4.79 Å².